The number of hydrogen-bond acceptors (Lipinski definition) is 6. The number of amides is 1. The van der Waals surface area contributed by atoms with Gasteiger partial charge in [-0.2, -0.15) is 0 Å². The van der Waals surface area contributed by atoms with Crippen molar-refractivity contribution in [3.8, 4) is 0 Å². The minimum atomic E-state index is -3.80. The monoisotopic (exact) mass is 485 g/mol. The maximum Gasteiger partial charge on any atom is 0.261 e. The van der Waals surface area contributed by atoms with E-state index < -0.39 is 10.0 Å². The van der Waals surface area contributed by atoms with Crippen molar-refractivity contribution in [2.24, 2.45) is 0 Å². The van der Waals surface area contributed by atoms with E-state index in [0.29, 0.717) is 23.8 Å². The van der Waals surface area contributed by atoms with Gasteiger partial charge in [0.25, 0.3) is 15.9 Å². The first-order chi connectivity index (χ1) is 16.5. The fraction of sp³-hybridized carbons (Fsp3) is 0.520. The molecule has 1 saturated heterocycles. The number of aromatic nitrogens is 1. The molecule has 2 aromatic rings. The Morgan fingerprint density at radius 3 is 2.50 bits per heavy atom. The zero-order chi connectivity index (χ0) is 24.0. The summed E-state index contributed by atoms with van der Waals surface area (Å²) in [6.07, 6.45) is 8.38. The van der Waals surface area contributed by atoms with Crippen LogP contribution in [0.15, 0.2) is 41.4 Å². The molecule has 1 aromatic heterocycles. The number of sulfonamides is 1. The molecule has 1 aliphatic carbocycles. The lowest BCUT2D eigenvalue weighted by atomic mass is 9.84. The van der Waals surface area contributed by atoms with Crippen LogP contribution in [0.1, 0.15) is 67.3 Å². The number of nitrogens with zero attached hydrogens (tertiary/aromatic N) is 2. The molecule has 1 amide bonds. The van der Waals surface area contributed by atoms with Gasteiger partial charge in [-0.15, -0.1) is 0 Å². The highest BCUT2D eigenvalue weighted by Gasteiger charge is 2.23. The Labute approximate surface area is 202 Å². The molecule has 0 atom stereocenters. The number of piperazine rings is 1. The van der Waals surface area contributed by atoms with E-state index in [0.717, 1.165) is 45.4 Å². The minimum absolute atomic E-state index is 0.204. The van der Waals surface area contributed by atoms with Crippen LogP contribution in [0.25, 0.3) is 0 Å². The number of carbonyl (C=O) groups is 1. The lowest BCUT2D eigenvalue weighted by molar-refractivity contribution is 0.0953. The maximum absolute atomic E-state index is 13.1. The molecule has 1 saturated carbocycles. The Balaban J connectivity index is 1.55. The second-order valence-corrected chi connectivity index (χ2v) is 10.8. The molecule has 0 unspecified atom stereocenters. The van der Waals surface area contributed by atoms with Gasteiger partial charge in [-0.05, 0) is 48.9 Å². The summed E-state index contributed by atoms with van der Waals surface area (Å²) in [5.41, 5.74) is 1.86. The van der Waals surface area contributed by atoms with Gasteiger partial charge in [0.05, 0.1) is 22.3 Å². The molecule has 34 heavy (non-hydrogen) atoms. The second-order valence-electron chi connectivity index (χ2n) is 9.10. The van der Waals surface area contributed by atoms with Gasteiger partial charge in [0, 0.05) is 32.7 Å². The van der Waals surface area contributed by atoms with E-state index in [1.807, 2.05) is 19.1 Å². The molecule has 3 N–H and O–H groups in total. The molecule has 9 heteroatoms. The van der Waals surface area contributed by atoms with Crippen LogP contribution in [-0.2, 0) is 10.0 Å². The van der Waals surface area contributed by atoms with E-state index in [1.165, 1.54) is 31.0 Å². The van der Waals surface area contributed by atoms with Gasteiger partial charge in [-0.25, -0.2) is 13.4 Å². The van der Waals surface area contributed by atoms with Crippen LogP contribution in [-0.4, -0.2) is 52.0 Å². The Bertz CT molecular complexity index is 1080. The fourth-order valence-corrected chi connectivity index (χ4v) is 5.75. The van der Waals surface area contributed by atoms with Gasteiger partial charge in [-0.1, -0.05) is 38.3 Å². The molecule has 1 aromatic carbocycles. The van der Waals surface area contributed by atoms with E-state index in [9.17, 15) is 13.2 Å². The highest BCUT2D eigenvalue weighted by Crippen LogP contribution is 2.33. The normalized spacial score (nSPS) is 17.4. The highest BCUT2D eigenvalue weighted by atomic mass is 32.2. The Morgan fingerprint density at radius 1 is 1.12 bits per heavy atom. The predicted octanol–water partition coefficient (Wildman–Crippen LogP) is 3.48. The first-order valence-electron chi connectivity index (χ1n) is 12.3. The standard InChI is InChI=1S/C25H35N5O3S/c1-2-12-27-25(31)23-17-21(18-28-24(23)30-15-13-26-14-16-30)29-34(32,33)22-10-8-20(9-11-22)19-6-4-3-5-7-19/h8-11,17-19,26,29H,2-7,12-16H2,1H3,(H,27,31). The molecule has 0 bridgehead atoms. The van der Waals surface area contributed by atoms with Gasteiger partial charge in [-0.3, -0.25) is 9.52 Å². The smallest absolute Gasteiger partial charge is 0.261 e. The van der Waals surface area contributed by atoms with Gasteiger partial charge in [0.2, 0.25) is 0 Å². The van der Waals surface area contributed by atoms with Crippen molar-refractivity contribution >= 4 is 27.4 Å². The minimum Gasteiger partial charge on any atom is -0.353 e. The van der Waals surface area contributed by atoms with Crippen LogP contribution in [0.3, 0.4) is 0 Å². The van der Waals surface area contributed by atoms with Crippen molar-refractivity contribution in [2.45, 2.75) is 56.3 Å². The SMILES string of the molecule is CCCNC(=O)c1cc(NS(=O)(=O)c2ccc(C3CCCCC3)cc2)cnc1N1CCNCC1. The number of carbonyl (C=O) groups excluding carboxylic acids is 1. The Morgan fingerprint density at radius 2 is 1.82 bits per heavy atom. The molecular weight excluding hydrogens is 450 g/mol. The van der Waals surface area contributed by atoms with Crippen LogP contribution in [0.2, 0.25) is 0 Å². The zero-order valence-electron chi connectivity index (χ0n) is 19.8. The van der Waals surface area contributed by atoms with Crippen molar-refractivity contribution in [2.75, 3.05) is 42.3 Å². The molecule has 2 heterocycles. The molecule has 2 fully saturated rings. The number of nitrogens with one attached hydrogen (secondary N) is 3. The average Bonchev–Trinajstić information content (AvgIpc) is 2.88. The van der Waals surface area contributed by atoms with Crippen LogP contribution >= 0.6 is 0 Å². The van der Waals surface area contributed by atoms with Crippen molar-refractivity contribution in [3.63, 3.8) is 0 Å². The van der Waals surface area contributed by atoms with E-state index in [-0.39, 0.29) is 16.5 Å². The van der Waals surface area contributed by atoms with E-state index in [1.54, 1.807) is 18.2 Å². The Hall–Kier alpha value is -2.65. The molecule has 8 nitrogen and oxygen atoms in total. The lowest BCUT2D eigenvalue weighted by Gasteiger charge is -2.30. The molecule has 0 spiro atoms. The third-order valence-corrected chi connectivity index (χ3v) is 7.98. The number of hydrogen-bond donors (Lipinski definition) is 3. The summed E-state index contributed by atoms with van der Waals surface area (Å²) in [7, 11) is -3.80. The summed E-state index contributed by atoms with van der Waals surface area (Å²) in [4.78, 5) is 19.6. The number of rotatable bonds is 8. The van der Waals surface area contributed by atoms with Crippen molar-refractivity contribution in [3.05, 3.63) is 47.7 Å². The third kappa shape index (κ3) is 5.88. The summed E-state index contributed by atoms with van der Waals surface area (Å²) in [6.45, 7) is 5.62. The molecule has 2 aliphatic rings. The van der Waals surface area contributed by atoms with Crippen LogP contribution in [0, 0.1) is 0 Å². The average molecular weight is 486 g/mol. The van der Waals surface area contributed by atoms with Crippen molar-refractivity contribution < 1.29 is 13.2 Å². The summed E-state index contributed by atoms with van der Waals surface area (Å²) in [6, 6.07) is 8.79. The van der Waals surface area contributed by atoms with Gasteiger partial charge < -0.3 is 15.5 Å². The van der Waals surface area contributed by atoms with Gasteiger partial charge in [0.1, 0.15) is 5.82 Å². The largest absolute Gasteiger partial charge is 0.353 e. The van der Waals surface area contributed by atoms with E-state index in [4.69, 9.17) is 0 Å². The topological polar surface area (TPSA) is 103 Å². The van der Waals surface area contributed by atoms with E-state index in [2.05, 4.69) is 25.2 Å². The maximum atomic E-state index is 13.1. The van der Waals surface area contributed by atoms with Crippen molar-refractivity contribution in [1.29, 1.82) is 0 Å². The summed E-state index contributed by atoms with van der Waals surface area (Å²) in [5.74, 6) is 0.847. The first kappa shape index (κ1) is 24.5. The molecule has 184 valence electrons. The quantitative estimate of drug-likeness (QED) is 0.529. The second kappa shape index (κ2) is 11.2. The third-order valence-electron chi connectivity index (χ3n) is 6.58. The fourth-order valence-electron chi connectivity index (χ4n) is 4.71. The number of benzene rings is 1. The first-order valence-corrected chi connectivity index (χ1v) is 13.8. The van der Waals surface area contributed by atoms with E-state index >= 15 is 0 Å². The molecular formula is C25H35N5O3S. The summed E-state index contributed by atoms with van der Waals surface area (Å²) >= 11 is 0. The van der Waals surface area contributed by atoms with Crippen LogP contribution < -0.4 is 20.3 Å². The molecule has 0 radical (unpaired) electrons. The zero-order valence-corrected chi connectivity index (χ0v) is 20.7. The van der Waals surface area contributed by atoms with Gasteiger partial charge in [0.15, 0.2) is 0 Å². The lowest BCUT2D eigenvalue weighted by Crippen LogP contribution is -2.44. The van der Waals surface area contributed by atoms with Crippen molar-refractivity contribution in [1.82, 2.24) is 15.6 Å². The van der Waals surface area contributed by atoms with Crippen LogP contribution in [0.4, 0.5) is 11.5 Å². The van der Waals surface area contributed by atoms with Crippen LogP contribution in [0.5, 0.6) is 0 Å². The van der Waals surface area contributed by atoms with Gasteiger partial charge >= 0.3 is 0 Å². The highest BCUT2D eigenvalue weighted by molar-refractivity contribution is 7.92. The Kier molecular flexibility index (Phi) is 8.05. The molecule has 4 rings (SSSR count). The number of anilines is 2. The summed E-state index contributed by atoms with van der Waals surface area (Å²) in [5, 5.41) is 6.18. The number of pyridine rings is 1. The predicted molar refractivity (Wildman–Crippen MR) is 135 cm³/mol. The summed E-state index contributed by atoms with van der Waals surface area (Å²) < 4.78 is 28.8. The molecule has 1 aliphatic heterocycles.